The smallest absolute Gasteiger partial charge is 0.127 e. The van der Waals surface area contributed by atoms with Crippen molar-refractivity contribution in [2.75, 3.05) is 6.54 Å². The molecule has 1 aromatic heterocycles. The summed E-state index contributed by atoms with van der Waals surface area (Å²) in [7, 11) is 1.83. The van der Waals surface area contributed by atoms with E-state index in [1.807, 2.05) is 25.4 Å². The number of hydrogen-bond donors (Lipinski definition) is 1. The molecule has 2 aromatic rings. The van der Waals surface area contributed by atoms with Crippen LogP contribution >= 0.6 is 0 Å². The first kappa shape index (κ1) is 13.7. The zero-order valence-corrected chi connectivity index (χ0v) is 11.3. The third-order valence-corrected chi connectivity index (χ3v) is 2.98. The number of nitrogens with zero attached hydrogens (tertiary/aromatic N) is 3. The highest BCUT2D eigenvalue weighted by Gasteiger charge is 2.16. The van der Waals surface area contributed by atoms with E-state index in [9.17, 15) is 4.39 Å². The quantitative estimate of drug-likeness (QED) is 0.868. The van der Waals surface area contributed by atoms with E-state index in [0.29, 0.717) is 12.0 Å². The van der Waals surface area contributed by atoms with Gasteiger partial charge in [0.2, 0.25) is 0 Å². The SMILES string of the molecule is CCCNC(Cc1cn(C)nn1)c1ccccc1F. The molecule has 5 heteroatoms. The minimum absolute atomic E-state index is 0.0714. The molecule has 0 aliphatic heterocycles. The van der Waals surface area contributed by atoms with Crippen molar-refractivity contribution in [1.29, 1.82) is 0 Å². The molecule has 0 radical (unpaired) electrons. The fourth-order valence-electron chi connectivity index (χ4n) is 2.07. The monoisotopic (exact) mass is 262 g/mol. The van der Waals surface area contributed by atoms with Crippen LogP contribution in [-0.4, -0.2) is 21.5 Å². The van der Waals surface area contributed by atoms with E-state index in [1.165, 1.54) is 6.07 Å². The van der Waals surface area contributed by atoms with Gasteiger partial charge in [0.15, 0.2) is 0 Å². The first-order valence-electron chi connectivity index (χ1n) is 6.53. The van der Waals surface area contributed by atoms with E-state index >= 15 is 0 Å². The maximum atomic E-state index is 13.9. The van der Waals surface area contributed by atoms with Gasteiger partial charge in [0.25, 0.3) is 0 Å². The van der Waals surface area contributed by atoms with Crippen molar-refractivity contribution in [2.24, 2.45) is 7.05 Å². The second-order valence-electron chi connectivity index (χ2n) is 4.62. The first-order chi connectivity index (χ1) is 9.20. The third-order valence-electron chi connectivity index (χ3n) is 2.98. The molecule has 102 valence electrons. The third kappa shape index (κ3) is 3.61. The van der Waals surface area contributed by atoms with Gasteiger partial charge in [-0.3, -0.25) is 4.68 Å². The predicted octanol–water partition coefficient (Wildman–Crippen LogP) is 2.24. The van der Waals surface area contributed by atoms with Crippen LogP contribution in [0.25, 0.3) is 0 Å². The van der Waals surface area contributed by atoms with Gasteiger partial charge in [-0.2, -0.15) is 0 Å². The number of rotatable bonds is 6. The maximum absolute atomic E-state index is 13.9. The van der Waals surface area contributed by atoms with Crippen molar-refractivity contribution < 1.29 is 4.39 Å². The Hall–Kier alpha value is -1.75. The molecule has 19 heavy (non-hydrogen) atoms. The molecule has 1 N–H and O–H groups in total. The van der Waals surface area contributed by atoms with E-state index < -0.39 is 0 Å². The number of hydrogen-bond acceptors (Lipinski definition) is 3. The molecular weight excluding hydrogens is 243 g/mol. The van der Waals surface area contributed by atoms with Crippen LogP contribution in [-0.2, 0) is 13.5 Å². The van der Waals surface area contributed by atoms with E-state index in [1.54, 1.807) is 10.7 Å². The highest BCUT2D eigenvalue weighted by molar-refractivity contribution is 5.22. The van der Waals surface area contributed by atoms with E-state index in [0.717, 1.165) is 18.7 Å². The highest BCUT2D eigenvalue weighted by Crippen LogP contribution is 2.20. The summed E-state index contributed by atoms with van der Waals surface area (Å²) in [6.45, 7) is 2.94. The lowest BCUT2D eigenvalue weighted by Gasteiger charge is -2.18. The predicted molar refractivity (Wildman–Crippen MR) is 72.1 cm³/mol. The molecule has 0 amide bonds. The standard InChI is InChI=1S/C14H19FN4/c1-3-8-16-14(9-11-10-19(2)18-17-11)12-6-4-5-7-13(12)15/h4-7,10,14,16H,3,8-9H2,1-2H3. The molecule has 0 saturated carbocycles. The maximum Gasteiger partial charge on any atom is 0.127 e. The zero-order chi connectivity index (χ0) is 13.7. The summed E-state index contributed by atoms with van der Waals surface area (Å²) in [6.07, 6.45) is 3.50. The van der Waals surface area contributed by atoms with Crippen LogP contribution in [0.4, 0.5) is 4.39 Å². The molecule has 0 fully saturated rings. The lowest BCUT2D eigenvalue weighted by Crippen LogP contribution is -2.25. The van der Waals surface area contributed by atoms with Crippen molar-refractivity contribution in [2.45, 2.75) is 25.8 Å². The van der Waals surface area contributed by atoms with Crippen molar-refractivity contribution in [3.8, 4) is 0 Å². The summed E-state index contributed by atoms with van der Waals surface area (Å²) in [6, 6.07) is 6.80. The van der Waals surface area contributed by atoms with Crippen molar-refractivity contribution >= 4 is 0 Å². The van der Waals surface area contributed by atoms with E-state index in [-0.39, 0.29) is 11.9 Å². The lowest BCUT2D eigenvalue weighted by atomic mass is 10.0. The summed E-state index contributed by atoms with van der Waals surface area (Å²) in [5.41, 5.74) is 1.54. The fraction of sp³-hybridized carbons (Fsp3) is 0.429. The van der Waals surface area contributed by atoms with Crippen molar-refractivity contribution in [1.82, 2.24) is 20.3 Å². The minimum Gasteiger partial charge on any atom is -0.310 e. The van der Waals surface area contributed by atoms with Gasteiger partial charge in [0.05, 0.1) is 5.69 Å². The fourth-order valence-corrected chi connectivity index (χ4v) is 2.07. The Balaban J connectivity index is 2.18. The van der Waals surface area contributed by atoms with Crippen LogP contribution in [0.15, 0.2) is 30.5 Å². The molecule has 1 atom stereocenters. The molecule has 0 aliphatic rings. The van der Waals surface area contributed by atoms with Crippen molar-refractivity contribution in [3.63, 3.8) is 0 Å². The Morgan fingerprint density at radius 1 is 1.37 bits per heavy atom. The van der Waals surface area contributed by atoms with Crippen LogP contribution in [0.2, 0.25) is 0 Å². The molecule has 0 aliphatic carbocycles. The summed E-state index contributed by atoms with van der Waals surface area (Å²) in [5, 5.41) is 11.3. The van der Waals surface area contributed by atoms with Crippen LogP contribution in [0.3, 0.4) is 0 Å². The Labute approximate surface area is 112 Å². The second-order valence-corrected chi connectivity index (χ2v) is 4.62. The molecule has 1 aromatic carbocycles. The normalized spacial score (nSPS) is 12.6. The summed E-state index contributed by atoms with van der Waals surface area (Å²) in [4.78, 5) is 0. The number of benzene rings is 1. The molecule has 0 bridgehead atoms. The largest absolute Gasteiger partial charge is 0.310 e. The molecular formula is C14H19FN4. The Kier molecular flexibility index (Phi) is 4.63. The minimum atomic E-state index is -0.181. The topological polar surface area (TPSA) is 42.7 Å². The van der Waals surface area contributed by atoms with Gasteiger partial charge in [-0.05, 0) is 19.0 Å². The van der Waals surface area contributed by atoms with Crippen LogP contribution in [0, 0.1) is 5.82 Å². The number of aromatic nitrogens is 3. The molecule has 1 unspecified atom stereocenters. The molecule has 1 heterocycles. The molecule has 0 saturated heterocycles. The van der Waals surface area contributed by atoms with E-state index in [4.69, 9.17) is 0 Å². The van der Waals surface area contributed by atoms with Crippen LogP contribution in [0.1, 0.15) is 30.6 Å². The van der Waals surface area contributed by atoms with Gasteiger partial charge in [-0.15, -0.1) is 5.10 Å². The Morgan fingerprint density at radius 2 is 2.16 bits per heavy atom. The summed E-state index contributed by atoms with van der Waals surface area (Å²) < 4.78 is 15.6. The Bertz CT molecular complexity index is 524. The number of aryl methyl sites for hydroxylation is 1. The van der Waals surface area contributed by atoms with Gasteiger partial charge in [0.1, 0.15) is 5.82 Å². The number of nitrogens with one attached hydrogen (secondary N) is 1. The highest BCUT2D eigenvalue weighted by atomic mass is 19.1. The van der Waals surface area contributed by atoms with E-state index in [2.05, 4.69) is 22.6 Å². The van der Waals surface area contributed by atoms with Gasteiger partial charge in [-0.25, -0.2) is 4.39 Å². The molecule has 4 nitrogen and oxygen atoms in total. The zero-order valence-electron chi connectivity index (χ0n) is 11.3. The summed E-state index contributed by atoms with van der Waals surface area (Å²) in [5.74, 6) is -0.181. The molecule has 0 spiro atoms. The van der Waals surface area contributed by atoms with Gasteiger partial charge < -0.3 is 5.32 Å². The van der Waals surface area contributed by atoms with Crippen LogP contribution in [0.5, 0.6) is 0 Å². The first-order valence-corrected chi connectivity index (χ1v) is 6.53. The lowest BCUT2D eigenvalue weighted by molar-refractivity contribution is 0.493. The van der Waals surface area contributed by atoms with Gasteiger partial charge in [0, 0.05) is 31.3 Å². The molecule has 2 rings (SSSR count). The van der Waals surface area contributed by atoms with Crippen molar-refractivity contribution in [3.05, 3.63) is 47.5 Å². The average Bonchev–Trinajstić information content (AvgIpc) is 2.81. The second kappa shape index (κ2) is 6.43. The average molecular weight is 262 g/mol. The van der Waals surface area contributed by atoms with Crippen LogP contribution < -0.4 is 5.32 Å². The van der Waals surface area contributed by atoms with Gasteiger partial charge >= 0.3 is 0 Å². The van der Waals surface area contributed by atoms with Gasteiger partial charge in [-0.1, -0.05) is 30.3 Å². The Morgan fingerprint density at radius 3 is 2.79 bits per heavy atom. The summed E-state index contributed by atoms with van der Waals surface area (Å²) >= 11 is 0. The number of halogens is 1.